The maximum absolute atomic E-state index is 5.81. The highest BCUT2D eigenvalue weighted by molar-refractivity contribution is 5.39. The Bertz CT molecular complexity index is 535. The second-order valence-corrected chi connectivity index (χ2v) is 5.11. The largest absolute Gasteiger partial charge is 0.399 e. The molecule has 2 rings (SSSR count). The molecule has 0 aliphatic carbocycles. The molecular weight excluding hydrogens is 234 g/mol. The molecule has 0 fully saturated rings. The minimum absolute atomic E-state index is 0.618. The Morgan fingerprint density at radius 2 is 1.47 bits per heavy atom. The molecule has 0 aliphatic rings. The first-order valence-electron chi connectivity index (χ1n) is 6.55. The molecule has 19 heavy (non-hydrogen) atoms. The number of anilines is 1. The van der Waals surface area contributed by atoms with Gasteiger partial charge in [-0.3, -0.25) is 0 Å². The molecule has 0 unspecified atom stereocenters. The van der Waals surface area contributed by atoms with Gasteiger partial charge in [-0.1, -0.05) is 29.8 Å². The number of ether oxygens (including phenoxy) is 1. The van der Waals surface area contributed by atoms with Crippen molar-refractivity contribution in [2.24, 2.45) is 0 Å². The fraction of sp³-hybridized carbons (Fsp3) is 0.294. The second kappa shape index (κ2) is 5.89. The van der Waals surface area contributed by atoms with Gasteiger partial charge in [0, 0.05) is 5.69 Å². The smallest absolute Gasteiger partial charge is 0.0726 e. The lowest BCUT2D eigenvalue weighted by molar-refractivity contribution is 0.106. The van der Waals surface area contributed by atoms with E-state index in [-0.39, 0.29) is 0 Å². The van der Waals surface area contributed by atoms with Crippen LogP contribution < -0.4 is 5.73 Å². The Labute approximate surface area is 115 Å². The SMILES string of the molecule is Cc1cc(C)c(COCc2ccc(N)cc2)c(C)c1. The van der Waals surface area contributed by atoms with Crippen molar-refractivity contribution >= 4 is 5.69 Å². The normalized spacial score (nSPS) is 10.7. The van der Waals surface area contributed by atoms with Crippen molar-refractivity contribution < 1.29 is 4.74 Å². The second-order valence-electron chi connectivity index (χ2n) is 5.11. The van der Waals surface area contributed by atoms with Gasteiger partial charge >= 0.3 is 0 Å². The van der Waals surface area contributed by atoms with Crippen LogP contribution in [-0.4, -0.2) is 0 Å². The highest BCUT2D eigenvalue weighted by atomic mass is 16.5. The maximum atomic E-state index is 5.81. The molecule has 0 heterocycles. The van der Waals surface area contributed by atoms with Crippen molar-refractivity contribution in [1.82, 2.24) is 0 Å². The van der Waals surface area contributed by atoms with Crippen molar-refractivity contribution in [3.05, 3.63) is 64.2 Å². The van der Waals surface area contributed by atoms with E-state index in [1.807, 2.05) is 24.3 Å². The van der Waals surface area contributed by atoms with E-state index in [9.17, 15) is 0 Å². The van der Waals surface area contributed by atoms with Gasteiger partial charge in [0.15, 0.2) is 0 Å². The van der Waals surface area contributed by atoms with Crippen LogP contribution in [-0.2, 0) is 18.0 Å². The van der Waals surface area contributed by atoms with Gasteiger partial charge in [-0.05, 0) is 55.2 Å². The van der Waals surface area contributed by atoms with Crippen molar-refractivity contribution in [2.75, 3.05) is 5.73 Å². The molecule has 0 aliphatic heterocycles. The van der Waals surface area contributed by atoms with Gasteiger partial charge < -0.3 is 10.5 Å². The standard InChI is InChI=1S/C17H21NO/c1-12-8-13(2)17(14(3)9-12)11-19-10-15-4-6-16(18)7-5-15/h4-9H,10-11,18H2,1-3H3. The molecule has 0 saturated carbocycles. The zero-order valence-electron chi connectivity index (χ0n) is 11.9. The summed E-state index contributed by atoms with van der Waals surface area (Å²) < 4.78 is 5.81. The lowest BCUT2D eigenvalue weighted by Gasteiger charge is -2.12. The summed E-state index contributed by atoms with van der Waals surface area (Å²) in [6.45, 7) is 7.68. The van der Waals surface area contributed by atoms with Gasteiger partial charge in [0.1, 0.15) is 0 Å². The third-order valence-electron chi connectivity index (χ3n) is 3.34. The first-order valence-corrected chi connectivity index (χ1v) is 6.55. The van der Waals surface area contributed by atoms with Crippen molar-refractivity contribution in [3.8, 4) is 0 Å². The average molecular weight is 255 g/mol. The van der Waals surface area contributed by atoms with Crippen molar-refractivity contribution in [1.29, 1.82) is 0 Å². The van der Waals surface area contributed by atoms with Gasteiger partial charge in [-0.25, -0.2) is 0 Å². The van der Waals surface area contributed by atoms with E-state index in [1.54, 1.807) is 0 Å². The Hall–Kier alpha value is -1.80. The molecule has 0 bridgehead atoms. The Kier molecular flexibility index (Phi) is 4.23. The summed E-state index contributed by atoms with van der Waals surface area (Å²) >= 11 is 0. The van der Waals surface area contributed by atoms with E-state index in [0.717, 1.165) is 11.3 Å². The predicted octanol–water partition coefficient (Wildman–Crippen LogP) is 3.91. The van der Waals surface area contributed by atoms with Crippen LogP contribution in [0.3, 0.4) is 0 Å². The maximum Gasteiger partial charge on any atom is 0.0726 e. The Balaban J connectivity index is 1.98. The topological polar surface area (TPSA) is 35.2 Å². The van der Waals surface area contributed by atoms with Gasteiger partial charge in [-0.2, -0.15) is 0 Å². The molecule has 100 valence electrons. The van der Waals surface area contributed by atoms with Gasteiger partial charge in [0.2, 0.25) is 0 Å². The first-order chi connectivity index (χ1) is 9.06. The minimum atomic E-state index is 0.618. The molecule has 2 N–H and O–H groups in total. The van der Waals surface area contributed by atoms with Crippen LogP contribution in [0.1, 0.15) is 27.8 Å². The van der Waals surface area contributed by atoms with E-state index < -0.39 is 0 Å². The number of nitrogens with two attached hydrogens (primary N) is 1. The highest BCUT2D eigenvalue weighted by Gasteiger charge is 2.04. The third kappa shape index (κ3) is 3.58. The molecule has 0 saturated heterocycles. The summed E-state index contributed by atoms with van der Waals surface area (Å²) in [6, 6.07) is 12.2. The molecule has 0 atom stereocenters. The Morgan fingerprint density at radius 1 is 0.895 bits per heavy atom. The average Bonchev–Trinajstić information content (AvgIpc) is 2.34. The lowest BCUT2D eigenvalue weighted by Crippen LogP contribution is -2.00. The molecule has 2 aromatic rings. The van der Waals surface area contributed by atoms with Gasteiger partial charge in [0.25, 0.3) is 0 Å². The van der Waals surface area contributed by atoms with Crippen LogP contribution in [0, 0.1) is 20.8 Å². The highest BCUT2D eigenvalue weighted by Crippen LogP contribution is 2.18. The zero-order chi connectivity index (χ0) is 13.8. The first kappa shape index (κ1) is 13.6. The molecule has 0 radical (unpaired) electrons. The zero-order valence-corrected chi connectivity index (χ0v) is 11.9. The number of aryl methyl sites for hydroxylation is 3. The van der Waals surface area contributed by atoms with Crippen LogP contribution in [0.5, 0.6) is 0 Å². The summed E-state index contributed by atoms with van der Waals surface area (Å²) in [5.74, 6) is 0. The third-order valence-corrected chi connectivity index (χ3v) is 3.34. The quantitative estimate of drug-likeness (QED) is 0.841. The molecule has 0 amide bonds. The predicted molar refractivity (Wildman–Crippen MR) is 80.0 cm³/mol. The summed E-state index contributed by atoms with van der Waals surface area (Å²) in [5, 5.41) is 0. The number of rotatable bonds is 4. The molecule has 2 heteroatoms. The Morgan fingerprint density at radius 3 is 2.05 bits per heavy atom. The van der Waals surface area contributed by atoms with E-state index >= 15 is 0 Å². The molecule has 2 aromatic carbocycles. The number of hydrogen-bond donors (Lipinski definition) is 1. The number of hydrogen-bond acceptors (Lipinski definition) is 2. The van der Waals surface area contributed by atoms with E-state index in [4.69, 9.17) is 10.5 Å². The van der Waals surface area contributed by atoms with Crippen LogP contribution in [0.25, 0.3) is 0 Å². The molecule has 0 spiro atoms. The monoisotopic (exact) mass is 255 g/mol. The van der Waals surface area contributed by atoms with E-state index in [2.05, 4.69) is 32.9 Å². The van der Waals surface area contributed by atoms with Crippen LogP contribution in [0.15, 0.2) is 36.4 Å². The summed E-state index contributed by atoms with van der Waals surface area (Å²) in [6.07, 6.45) is 0. The molecule has 2 nitrogen and oxygen atoms in total. The number of nitrogen functional groups attached to an aromatic ring is 1. The fourth-order valence-electron chi connectivity index (χ4n) is 2.32. The fourth-order valence-corrected chi connectivity index (χ4v) is 2.32. The van der Waals surface area contributed by atoms with Crippen LogP contribution in [0.4, 0.5) is 5.69 Å². The summed E-state index contributed by atoms with van der Waals surface area (Å²) in [7, 11) is 0. The lowest BCUT2D eigenvalue weighted by atomic mass is 10.0. The summed E-state index contributed by atoms with van der Waals surface area (Å²) in [4.78, 5) is 0. The van der Waals surface area contributed by atoms with E-state index in [0.29, 0.717) is 13.2 Å². The minimum Gasteiger partial charge on any atom is -0.399 e. The summed E-state index contributed by atoms with van der Waals surface area (Å²) in [5.41, 5.74) is 12.8. The molecular formula is C17H21NO. The van der Waals surface area contributed by atoms with Crippen molar-refractivity contribution in [3.63, 3.8) is 0 Å². The van der Waals surface area contributed by atoms with Gasteiger partial charge in [-0.15, -0.1) is 0 Å². The van der Waals surface area contributed by atoms with Gasteiger partial charge in [0.05, 0.1) is 13.2 Å². The van der Waals surface area contributed by atoms with Crippen molar-refractivity contribution in [2.45, 2.75) is 34.0 Å². The van der Waals surface area contributed by atoms with E-state index in [1.165, 1.54) is 22.3 Å². The van der Waals surface area contributed by atoms with Crippen LogP contribution in [0.2, 0.25) is 0 Å². The van der Waals surface area contributed by atoms with Crippen LogP contribution >= 0.6 is 0 Å². The number of benzene rings is 2. The molecule has 0 aromatic heterocycles.